The van der Waals surface area contributed by atoms with Crippen LogP contribution in [0.5, 0.6) is 5.75 Å². The largest absolute Gasteiger partial charge is 0.512 e. The van der Waals surface area contributed by atoms with Crippen LogP contribution in [0.3, 0.4) is 0 Å². The fourth-order valence-corrected chi connectivity index (χ4v) is 7.20. The molecule has 2 heterocycles. The number of nitrogens with one attached hydrogen (secondary N) is 2. The first kappa shape index (κ1) is 31.2. The van der Waals surface area contributed by atoms with Gasteiger partial charge < -0.3 is 30.6 Å². The number of hydrogen-bond donors (Lipinski definition) is 4. The molecule has 1 saturated carbocycles. The van der Waals surface area contributed by atoms with Gasteiger partial charge >= 0.3 is 0 Å². The highest BCUT2D eigenvalue weighted by Crippen LogP contribution is 2.47. The SMILES string of the molecule is CNC[C@@H](O)COc1ccc(Cl)c(-c2nc(/C(C(C)=N)=C(\C)O)c(C)c(N3CC4(CCC(S(C)(=O)=O)CC4)C3)n2)c1. The number of benzene rings is 1. The predicted octanol–water partition coefficient (Wildman–Crippen LogP) is 4.19. The van der Waals surface area contributed by atoms with Crippen molar-refractivity contribution in [1.82, 2.24) is 15.3 Å². The monoisotopic (exact) mass is 605 g/mol. The van der Waals surface area contributed by atoms with Crippen LogP contribution < -0.4 is 15.0 Å². The number of sulfone groups is 1. The van der Waals surface area contributed by atoms with E-state index >= 15 is 0 Å². The Morgan fingerprint density at radius 2 is 1.93 bits per heavy atom. The van der Waals surface area contributed by atoms with E-state index in [1.54, 1.807) is 32.2 Å². The maximum Gasteiger partial charge on any atom is 0.163 e. The van der Waals surface area contributed by atoms with Crippen LogP contribution in [0, 0.1) is 17.7 Å². The second kappa shape index (κ2) is 12.2. The Kier molecular flexibility index (Phi) is 9.32. The Bertz CT molecular complexity index is 1440. The summed E-state index contributed by atoms with van der Waals surface area (Å²) in [4.78, 5) is 11.9. The van der Waals surface area contributed by atoms with E-state index < -0.39 is 15.9 Å². The maximum absolute atomic E-state index is 12.1. The fraction of sp³-hybridized carbons (Fsp3) is 0.552. The lowest BCUT2D eigenvalue weighted by Gasteiger charge is -2.54. The van der Waals surface area contributed by atoms with Crippen molar-refractivity contribution in [2.45, 2.75) is 57.8 Å². The van der Waals surface area contributed by atoms with Crippen molar-refractivity contribution in [1.29, 1.82) is 5.41 Å². The molecule has 1 saturated heterocycles. The number of rotatable bonds is 10. The van der Waals surface area contributed by atoms with Gasteiger partial charge in [-0.2, -0.15) is 0 Å². The van der Waals surface area contributed by atoms with Gasteiger partial charge in [0.1, 0.15) is 39.9 Å². The van der Waals surface area contributed by atoms with Crippen molar-refractivity contribution >= 4 is 38.5 Å². The summed E-state index contributed by atoms with van der Waals surface area (Å²) < 4.78 is 29.9. The molecule has 10 nitrogen and oxygen atoms in total. The molecule has 2 aromatic rings. The third kappa shape index (κ3) is 6.85. The van der Waals surface area contributed by atoms with Crippen molar-refractivity contribution in [3.63, 3.8) is 0 Å². The first-order valence-electron chi connectivity index (χ1n) is 13.8. The summed E-state index contributed by atoms with van der Waals surface area (Å²) in [7, 11) is -1.29. The molecule has 2 aliphatic rings. The van der Waals surface area contributed by atoms with Gasteiger partial charge in [-0.25, -0.2) is 18.4 Å². The summed E-state index contributed by atoms with van der Waals surface area (Å²) in [6.45, 7) is 6.97. The molecule has 4 rings (SSSR count). The lowest BCUT2D eigenvalue weighted by Crippen LogP contribution is -2.59. The number of halogens is 1. The Hall–Kier alpha value is -2.73. The van der Waals surface area contributed by atoms with Crippen LogP contribution >= 0.6 is 11.6 Å². The first-order chi connectivity index (χ1) is 19.2. The molecule has 0 amide bonds. The van der Waals surface area contributed by atoms with Crippen molar-refractivity contribution in [3.8, 4) is 17.1 Å². The molecule has 0 radical (unpaired) electrons. The van der Waals surface area contributed by atoms with E-state index in [4.69, 9.17) is 31.7 Å². The molecule has 224 valence electrons. The van der Waals surface area contributed by atoms with Gasteiger partial charge in [-0.05, 0) is 71.7 Å². The summed E-state index contributed by atoms with van der Waals surface area (Å²) in [5.41, 5.74) is 2.26. The Labute approximate surface area is 247 Å². The Morgan fingerprint density at radius 1 is 1.27 bits per heavy atom. The molecule has 0 unspecified atom stereocenters. The van der Waals surface area contributed by atoms with E-state index in [9.17, 15) is 18.6 Å². The molecular weight excluding hydrogens is 566 g/mol. The molecule has 2 fully saturated rings. The minimum Gasteiger partial charge on any atom is -0.512 e. The minimum absolute atomic E-state index is 0.0166. The van der Waals surface area contributed by atoms with Crippen molar-refractivity contribution < 1.29 is 23.4 Å². The van der Waals surface area contributed by atoms with Gasteiger partial charge in [0.05, 0.1) is 21.5 Å². The van der Waals surface area contributed by atoms with Gasteiger partial charge in [-0.15, -0.1) is 0 Å². The molecule has 1 aliphatic carbocycles. The van der Waals surface area contributed by atoms with Gasteiger partial charge in [-0.1, -0.05) is 11.6 Å². The van der Waals surface area contributed by atoms with E-state index in [0.29, 0.717) is 58.6 Å². The number of aromatic nitrogens is 2. The zero-order valence-corrected chi connectivity index (χ0v) is 25.9. The first-order valence-corrected chi connectivity index (χ1v) is 16.1. The third-order valence-corrected chi connectivity index (χ3v) is 10.1. The van der Waals surface area contributed by atoms with Crippen LogP contribution in [0.15, 0.2) is 24.0 Å². The van der Waals surface area contributed by atoms with Crippen LogP contribution in [0.4, 0.5) is 5.82 Å². The average molecular weight is 606 g/mol. The molecule has 1 aromatic carbocycles. The summed E-state index contributed by atoms with van der Waals surface area (Å²) in [5, 5.41) is 32.0. The molecule has 12 heteroatoms. The number of allylic oxidation sites excluding steroid dienone is 2. The molecule has 1 aliphatic heterocycles. The zero-order valence-electron chi connectivity index (χ0n) is 24.3. The summed E-state index contributed by atoms with van der Waals surface area (Å²) in [6.07, 6.45) is 3.66. The number of nitrogens with zero attached hydrogens (tertiary/aromatic N) is 3. The van der Waals surface area contributed by atoms with Gasteiger partial charge in [0, 0.05) is 48.1 Å². The minimum atomic E-state index is -3.04. The number of aliphatic hydroxyl groups is 2. The number of ether oxygens (including phenoxy) is 1. The van der Waals surface area contributed by atoms with Crippen LogP contribution in [-0.4, -0.2) is 85.2 Å². The van der Waals surface area contributed by atoms with E-state index in [1.807, 2.05) is 6.92 Å². The van der Waals surface area contributed by atoms with Gasteiger partial charge in [-0.3, -0.25) is 0 Å². The highest BCUT2D eigenvalue weighted by atomic mass is 35.5. The number of aliphatic hydroxyl groups excluding tert-OH is 2. The Morgan fingerprint density at radius 3 is 2.49 bits per heavy atom. The van der Waals surface area contributed by atoms with E-state index in [1.165, 1.54) is 13.2 Å². The molecule has 1 aromatic heterocycles. The van der Waals surface area contributed by atoms with Crippen molar-refractivity contribution in [3.05, 3.63) is 40.2 Å². The highest BCUT2D eigenvalue weighted by Gasteiger charge is 2.47. The Balaban J connectivity index is 1.70. The lowest BCUT2D eigenvalue weighted by atomic mass is 9.68. The number of likely N-dealkylation sites (N-methyl/N-ethyl adjacent to an activating group) is 1. The maximum atomic E-state index is 12.1. The zero-order chi connectivity index (χ0) is 30.1. The molecule has 0 bridgehead atoms. The van der Waals surface area contributed by atoms with Gasteiger partial charge in [0.15, 0.2) is 5.82 Å². The standard InChI is InChI=1S/C29H40ClN5O5S/c1-17-26(25(18(2)31)19(3)36)33-27(23-12-21(6-7-24(23)30)40-14-20(37)13-32-4)34-28(17)35-15-29(16-35)10-8-22(9-11-29)41(5,38)39/h6-7,12,20,22,31-32,36-37H,8-11,13-16H2,1-5H3/b25-19+,31-18?/t20-/m1/s1. The van der Waals surface area contributed by atoms with Crippen molar-refractivity contribution in [2.75, 3.05) is 44.4 Å². The predicted molar refractivity (Wildman–Crippen MR) is 163 cm³/mol. The summed E-state index contributed by atoms with van der Waals surface area (Å²) in [5.74, 6) is 1.49. The second-order valence-corrected chi connectivity index (χ2v) is 14.2. The van der Waals surface area contributed by atoms with Crippen molar-refractivity contribution in [2.24, 2.45) is 5.41 Å². The fourth-order valence-electron chi connectivity index (χ4n) is 5.91. The molecule has 4 N–H and O–H groups in total. The normalized spacial score (nSPS) is 18.6. The topological polar surface area (TPSA) is 149 Å². The van der Waals surface area contributed by atoms with Crippen LogP contribution in [0.25, 0.3) is 17.0 Å². The average Bonchev–Trinajstić information content (AvgIpc) is 2.87. The van der Waals surface area contributed by atoms with E-state index in [0.717, 1.165) is 31.5 Å². The molecule has 41 heavy (non-hydrogen) atoms. The van der Waals surface area contributed by atoms with Gasteiger partial charge in [0.25, 0.3) is 0 Å². The third-order valence-electron chi connectivity index (χ3n) is 8.11. The molecular formula is C29H40ClN5O5S. The quantitative estimate of drug-likeness (QED) is 0.231. The smallest absolute Gasteiger partial charge is 0.163 e. The van der Waals surface area contributed by atoms with E-state index in [-0.39, 0.29) is 28.7 Å². The van der Waals surface area contributed by atoms with E-state index in [2.05, 4.69) is 10.2 Å². The van der Waals surface area contributed by atoms with Crippen LogP contribution in [-0.2, 0) is 9.84 Å². The molecule has 1 atom stereocenters. The highest BCUT2D eigenvalue weighted by molar-refractivity contribution is 7.91. The lowest BCUT2D eigenvalue weighted by molar-refractivity contribution is 0.108. The second-order valence-electron chi connectivity index (χ2n) is 11.5. The number of anilines is 1. The summed E-state index contributed by atoms with van der Waals surface area (Å²) >= 11 is 6.63. The molecule has 1 spiro atoms. The summed E-state index contributed by atoms with van der Waals surface area (Å²) in [6, 6.07) is 5.13. The van der Waals surface area contributed by atoms with Crippen LogP contribution in [0.2, 0.25) is 5.02 Å². The van der Waals surface area contributed by atoms with Crippen LogP contribution in [0.1, 0.15) is 50.8 Å². The van der Waals surface area contributed by atoms with Gasteiger partial charge in [0.2, 0.25) is 0 Å². The number of hydrogen-bond acceptors (Lipinski definition) is 10.